The SMILES string of the molecule is C=C(F)Cc1ccc(C)c(Cl)c1. The average molecular weight is 185 g/mol. The van der Waals surface area contributed by atoms with Crippen LogP contribution < -0.4 is 0 Å². The van der Waals surface area contributed by atoms with Crippen molar-refractivity contribution in [3.8, 4) is 0 Å². The lowest BCUT2D eigenvalue weighted by Gasteiger charge is -2.01. The molecule has 0 N–H and O–H groups in total. The zero-order chi connectivity index (χ0) is 9.14. The number of aryl methyl sites for hydroxylation is 1. The lowest BCUT2D eigenvalue weighted by molar-refractivity contribution is 0.617. The summed E-state index contributed by atoms with van der Waals surface area (Å²) in [6.07, 6.45) is 0.250. The third-order valence-electron chi connectivity index (χ3n) is 1.63. The molecule has 0 nitrogen and oxygen atoms in total. The third kappa shape index (κ3) is 2.35. The summed E-state index contributed by atoms with van der Waals surface area (Å²) in [5.74, 6) is -0.338. The van der Waals surface area contributed by atoms with E-state index in [-0.39, 0.29) is 12.2 Å². The van der Waals surface area contributed by atoms with Crippen molar-refractivity contribution in [2.75, 3.05) is 0 Å². The summed E-state index contributed by atoms with van der Waals surface area (Å²) in [4.78, 5) is 0. The number of benzene rings is 1. The third-order valence-corrected chi connectivity index (χ3v) is 2.04. The van der Waals surface area contributed by atoms with E-state index in [1.54, 1.807) is 6.07 Å². The second kappa shape index (κ2) is 3.72. The zero-order valence-electron chi connectivity index (χ0n) is 6.90. The number of allylic oxidation sites excluding steroid dienone is 1. The molecule has 1 aromatic rings. The van der Waals surface area contributed by atoms with Crippen molar-refractivity contribution in [3.63, 3.8) is 0 Å². The Morgan fingerprint density at radius 1 is 1.58 bits per heavy atom. The lowest BCUT2D eigenvalue weighted by Crippen LogP contribution is -1.85. The van der Waals surface area contributed by atoms with Crippen LogP contribution in [0.4, 0.5) is 4.39 Å². The molecule has 64 valence electrons. The van der Waals surface area contributed by atoms with Crippen molar-refractivity contribution in [2.45, 2.75) is 13.3 Å². The molecular formula is C10H10ClF. The normalized spacial score (nSPS) is 9.92. The van der Waals surface area contributed by atoms with Gasteiger partial charge in [0.1, 0.15) is 0 Å². The van der Waals surface area contributed by atoms with E-state index in [1.807, 2.05) is 19.1 Å². The predicted molar refractivity (Wildman–Crippen MR) is 50.1 cm³/mol. The highest BCUT2D eigenvalue weighted by molar-refractivity contribution is 6.31. The van der Waals surface area contributed by atoms with Gasteiger partial charge in [-0.1, -0.05) is 30.3 Å². The Kier molecular flexibility index (Phi) is 2.88. The second-order valence-electron chi connectivity index (χ2n) is 2.78. The molecule has 0 heterocycles. The highest BCUT2D eigenvalue weighted by Crippen LogP contribution is 2.18. The van der Waals surface area contributed by atoms with Gasteiger partial charge in [0, 0.05) is 11.4 Å². The Labute approximate surface area is 76.7 Å². The van der Waals surface area contributed by atoms with Crippen molar-refractivity contribution >= 4 is 11.6 Å². The lowest BCUT2D eigenvalue weighted by atomic mass is 10.1. The molecule has 0 radical (unpaired) electrons. The molecule has 0 fully saturated rings. The van der Waals surface area contributed by atoms with E-state index >= 15 is 0 Å². The van der Waals surface area contributed by atoms with Crippen LogP contribution >= 0.6 is 11.6 Å². The second-order valence-corrected chi connectivity index (χ2v) is 3.18. The van der Waals surface area contributed by atoms with Crippen molar-refractivity contribution in [1.82, 2.24) is 0 Å². The molecule has 0 atom stereocenters. The molecule has 0 aliphatic carbocycles. The zero-order valence-corrected chi connectivity index (χ0v) is 7.66. The molecule has 0 amide bonds. The molecule has 12 heavy (non-hydrogen) atoms. The van der Waals surface area contributed by atoms with Gasteiger partial charge in [-0.25, -0.2) is 4.39 Å². The van der Waals surface area contributed by atoms with Gasteiger partial charge in [-0.15, -0.1) is 0 Å². The Morgan fingerprint density at radius 2 is 2.25 bits per heavy atom. The summed E-state index contributed by atoms with van der Waals surface area (Å²) in [7, 11) is 0. The fourth-order valence-corrected chi connectivity index (χ4v) is 1.17. The maximum atomic E-state index is 12.4. The first-order valence-corrected chi connectivity index (χ1v) is 4.05. The summed E-state index contributed by atoms with van der Waals surface area (Å²) < 4.78 is 12.4. The van der Waals surface area contributed by atoms with Crippen molar-refractivity contribution in [2.24, 2.45) is 0 Å². The van der Waals surface area contributed by atoms with Crippen LogP contribution in [0.3, 0.4) is 0 Å². The number of rotatable bonds is 2. The van der Waals surface area contributed by atoms with E-state index in [0.29, 0.717) is 5.02 Å². The van der Waals surface area contributed by atoms with Crippen LogP contribution in [0.1, 0.15) is 11.1 Å². The van der Waals surface area contributed by atoms with E-state index in [4.69, 9.17) is 11.6 Å². The van der Waals surface area contributed by atoms with Crippen molar-refractivity contribution in [1.29, 1.82) is 0 Å². The molecule has 0 saturated carbocycles. The topological polar surface area (TPSA) is 0 Å². The van der Waals surface area contributed by atoms with Crippen LogP contribution in [0.5, 0.6) is 0 Å². The highest BCUT2D eigenvalue weighted by Gasteiger charge is 1.99. The highest BCUT2D eigenvalue weighted by atomic mass is 35.5. The molecule has 1 aromatic carbocycles. The van der Waals surface area contributed by atoms with Gasteiger partial charge in [-0.2, -0.15) is 0 Å². The predicted octanol–water partition coefficient (Wildman–Crippen LogP) is 3.67. The van der Waals surface area contributed by atoms with E-state index in [0.717, 1.165) is 11.1 Å². The van der Waals surface area contributed by atoms with Crippen molar-refractivity contribution in [3.05, 3.63) is 46.8 Å². The van der Waals surface area contributed by atoms with Crippen LogP contribution in [0.15, 0.2) is 30.6 Å². The number of hydrogen-bond acceptors (Lipinski definition) is 0. The minimum Gasteiger partial charge on any atom is -0.212 e. The van der Waals surface area contributed by atoms with Gasteiger partial charge in [0.2, 0.25) is 0 Å². The van der Waals surface area contributed by atoms with Crippen LogP contribution in [0.2, 0.25) is 5.02 Å². The largest absolute Gasteiger partial charge is 0.212 e. The van der Waals surface area contributed by atoms with E-state index in [2.05, 4.69) is 6.58 Å². The standard InChI is InChI=1S/C10H10ClF/c1-7-3-4-9(5-8(2)12)6-10(7)11/h3-4,6H,2,5H2,1H3. The molecule has 1 rings (SSSR count). The number of hydrogen-bond donors (Lipinski definition) is 0. The van der Waals surface area contributed by atoms with Gasteiger partial charge in [0.05, 0.1) is 5.83 Å². The minimum atomic E-state index is -0.338. The molecule has 0 aromatic heterocycles. The van der Waals surface area contributed by atoms with Gasteiger partial charge >= 0.3 is 0 Å². The molecule has 0 spiro atoms. The summed E-state index contributed by atoms with van der Waals surface area (Å²) in [5, 5.41) is 0.675. The van der Waals surface area contributed by atoms with Gasteiger partial charge in [0.25, 0.3) is 0 Å². The molecule has 0 aliphatic heterocycles. The van der Waals surface area contributed by atoms with Gasteiger partial charge in [-0.3, -0.25) is 0 Å². The Balaban J connectivity index is 2.89. The van der Waals surface area contributed by atoms with Crippen LogP contribution in [-0.2, 0) is 6.42 Å². The summed E-state index contributed by atoms with van der Waals surface area (Å²) in [6, 6.07) is 5.49. The first-order valence-electron chi connectivity index (χ1n) is 3.68. The van der Waals surface area contributed by atoms with E-state index in [9.17, 15) is 4.39 Å². The van der Waals surface area contributed by atoms with Gasteiger partial charge in [-0.05, 0) is 24.1 Å². The van der Waals surface area contributed by atoms with Gasteiger partial charge in [0.15, 0.2) is 0 Å². The summed E-state index contributed by atoms with van der Waals surface area (Å²) in [6.45, 7) is 5.11. The average Bonchev–Trinajstić information content (AvgIpc) is 1.96. The smallest absolute Gasteiger partial charge is 0.0971 e. The molecule has 0 unspecified atom stereocenters. The summed E-state index contributed by atoms with van der Waals surface area (Å²) >= 11 is 5.85. The fraction of sp³-hybridized carbons (Fsp3) is 0.200. The Bertz CT molecular complexity index is 305. The quantitative estimate of drug-likeness (QED) is 0.658. The van der Waals surface area contributed by atoms with Crippen LogP contribution in [-0.4, -0.2) is 0 Å². The molecule has 0 bridgehead atoms. The minimum absolute atomic E-state index is 0.250. The van der Waals surface area contributed by atoms with E-state index < -0.39 is 0 Å². The fourth-order valence-electron chi connectivity index (χ4n) is 0.968. The monoisotopic (exact) mass is 184 g/mol. The maximum Gasteiger partial charge on any atom is 0.0971 e. The molecule has 0 saturated heterocycles. The number of halogens is 2. The Morgan fingerprint density at radius 3 is 2.75 bits per heavy atom. The Hall–Kier alpha value is -0.820. The first kappa shape index (κ1) is 9.27. The van der Waals surface area contributed by atoms with Gasteiger partial charge < -0.3 is 0 Å². The summed E-state index contributed by atoms with van der Waals surface area (Å²) in [5.41, 5.74) is 1.86. The maximum absolute atomic E-state index is 12.4. The van der Waals surface area contributed by atoms with E-state index in [1.165, 1.54) is 0 Å². The molecule has 0 aliphatic rings. The van der Waals surface area contributed by atoms with Crippen LogP contribution in [0, 0.1) is 6.92 Å². The molecule has 2 heteroatoms. The molecular weight excluding hydrogens is 175 g/mol. The van der Waals surface area contributed by atoms with Crippen molar-refractivity contribution < 1.29 is 4.39 Å². The van der Waals surface area contributed by atoms with Crippen LogP contribution in [0.25, 0.3) is 0 Å². The first-order chi connectivity index (χ1) is 5.59.